The van der Waals surface area contributed by atoms with Gasteiger partial charge in [-0.2, -0.15) is 0 Å². The van der Waals surface area contributed by atoms with Crippen molar-refractivity contribution in [1.82, 2.24) is 10.5 Å². The van der Waals surface area contributed by atoms with Crippen molar-refractivity contribution in [3.8, 4) is 0 Å². The number of nitrogens with zero attached hydrogens (tertiary/aromatic N) is 1. The average molecular weight is 184 g/mol. The fourth-order valence-corrected chi connectivity index (χ4v) is 0.962. The highest BCUT2D eigenvalue weighted by atomic mass is 16.5. The molecule has 0 spiro atoms. The third kappa shape index (κ3) is 4.05. The zero-order valence-electron chi connectivity index (χ0n) is 8.12. The summed E-state index contributed by atoms with van der Waals surface area (Å²) in [6.07, 6.45) is 1.64. The molecule has 1 N–H and O–H groups in total. The molecule has 1 atom stereocenters. The highest BCUT2D eigenvalue weighted by Gasteiger charge is 2.02. The maximum Gasteiger partial charge on any atom is 0.150 e. The number of nitrogens with one attached hydrogen (secondary N) is 1. The SMILES string of the molecule is CCOCC(C)NCc1ccno1. The molecule has 0 saturated heterocycles. The predicted octanol–water partition coefficient (Wildman–Crippen LogP) is 1.19. The van der Waals surface area contributed by atoms with Crippen molar-refractivity contribution in [3.63, 3.8) is 0 Å². The molecule has 0 radical (unpaired) electrons. The van der Waals surface area contributed by atoms with E-state index in [0.29, 0.717) is 12.6 Å². The van der Waals surface area contributed by atoms with Gasteiger partial charge in [0, 0.05) is 18.7 Å². The molecule has 0 amide bonds. The summed E-state index contributed by atoms with van der Waals surface area (Å²) >= 11 is 0. The molecule has 0 bridgehead atoms. The summed E-state index contributed by atoms with van der Waals surface area (Å²) in [6, 6.07) is 2.19. The lowest BCUT2D eigenvalue weighted by Crippen LogP contribution is -2.29. The smallest absolute Gasteiger partial charge is 0.150 e. The van der Waals surface area contributed by atoms with Crippen LogP contribution in [0.15, 0.2) is 16.8 Å². The summed E-state index contributed by atoms with van der Waals surface area (Å²) in [5, 5.41) is 6.88. The van der Waals surface area contributed by atoms with Crippen molar-refractivity contribution in [3.05, 3.63) is 18.0 Å². The van der Waals surface area contributed by atoms with Crippen LogP contribution in [0.5, 0.6) is 0 Å². The van der Waals surface area contributed by atoms with E-state index in [-0.39, 0.29) is 0 Å². The van der Waals surface area contributed by atoms with Crippen LogP contribution >= 0.6 is 0 Å². The van der Waals surface area contributed by atoms with Gasteiger partial charge in [-0.25, -0.2) is 0 Å². The monoisotopic (exact) mass is 184 g/mol. The van der Waals surface area contributed by atoms with Crippen molar-refractivity contribution in [2.24, 2.45) is 0 Å². The molecule has 0 aliphatic carbocycles. The Hall–Kier alpha value is -0.870. The van der Waals surface area contributed by atoms with E-state index >= 15 is 0 Å². The van der Waals surface area contributed by atoms with Gasteiger partial charge in [0.2, 0.25) is 0 Å². The predicted molar refractivity (Wildman–Crippen MR) is 49.3 cm³/mol. The summed E-state index contributed by atoms with van der Waals surface area (Å²) < 4.78 is 10.2. The lowest BCUT2D eigenvalue weighted by Gasteiger charge is -2.11. The topological polar surface area (TPSA) is 47.3 Å². The number of hydrogen-bond acceptors (Lipinski definition) is 4. The Balaban J connectivity index is 2.11. The van der Waals surface area contributed by atoms with Gasteiger partial charge in [0.15, 0.2) is 0 Å². The largest absolute Gasteiger partial charge is 0.380 e. The first-order chi connectivity index (χ1) is 6.33. The molecule has 1 rings (SSSR count). The number of ether oxygens (including phenoxy) is 1. The summed E-state index contributed by atoms with van der Waals surface area (Å²) in [6.45, 7) is 6.25. The van der Waals surface area contributed by atoms with Gasteiger partial charge in [-0.05, 0) is 13.8 Å². The standard InChI is InChI=1S/C9H16N2O2/c1-3-12-7-8(2)10-6-9-4-5-11-13-9/h4-5,8,10H,3,6-7H2,1-2H3. The maximum absolute atomic E-state index is 5.26. The number of hydrogen-bond donors (Lipinski definition) is 1. The summed E-state index contributed by atoms with van der Waals surface area (Å²) in [5.41, 5.74) is 0. The molecular weight excluding hydrogens is 168 g/mol. The Morgan fingerprint density at radius 1 is 1.69 bits per heavy atom. The first-order valence-electron chi connectivity index (χ1n) is 4.53. The van der Waals surface area contributed by atoms with Gasteiger partial charge >= 0.3 is 0 Å². The Kier molecular flexibility index (Phi) is 4.49. The second-order valence-corrected chi connectivity index (χ2v) is 2.92. The fraction of sp³-hybridized carbons (Fsp3) is 0.667. The highest BCUT2D eigenvalue weighted by molar-refractivity contribution is 4.92. The molecule has 0 saturated carbocycles. The molecule has 0 aliphatic rings. The van der Waals surface area contributed by atoms with Crippen LogP contribution in [0.2, 0.25) is 0 Å². The van der Waals surface area contributed by atoms with Gasteiger partial charge < -0.3 is 14.6 Å². The van der Waals surface area contributed by atoms with E-state index in [1.165, 1.54) is 0 Å². The minimum Gasteiger partial charge on any atom is -0.380 e. The van der Waals surface area contributed by atoms with E-state index in [9.17, 15) is 0 Å². The van der Waals surface area contributed by atoms with E-state index in [4.69, 9.17) is 9.26 Å². The normalized spacial score (nSPS) is 13.1. The molecule has 0 fully saturated rings. The molecule has 4 nitrogen and oxygen atoms in total. The molecule has 13 heavy (non-hydrogen) atoms. The third-order valence-corrected chi connectivity index (χ3v) is 1.69. The Morgan fingerprint density at radius 2 is 2.54 bits per heavy atom. The first-order valence-corrected chi connectivity index (χ1v) is 4.53. The molecule has 1 aromatic rings. The maximum atomic E-state index is 5.26. The first kappa shape index (κ1) is 10.2. The number of aromatic nitrogens is 1. The molecule has 1 aromatic heterocycles. The van der Waals surface area contributed by atoms with E-state index < -0.39 is 0 Å². The Morgan fingerprint density at radius 3 is 3.15 bits per heavy atom. The van der Waals surface area contributed by atoms with Gasteiger partial charge in [0.05, 0.1) is 19.3 Å². The molecular formula is C9H16N2O2. The summed E-state index contributed by atoms with van der Waals surface area (Å²) in [4.78, 5) is 0. The summed E-state index contributed by atoms with van der Waals surface area (Å²) in [5.74, 6) is 0.850. The second kappa shape index (κ2) is 5.72. The van der Waals surface area contributed by atoms with E-state index in [2.05, 4.69) is 17.4 Å². The Bertz CT molecular complexity index is 211. The van der Waals surface area contributed by atoms with Crippen LogP contribution in [0.25, 0.3) is 0 Å². The van der Waals surface area contributed by atoms with Crippen LogP contribution in [-0.4, -0.2) is 24.4 Å². The van der Waals surface area contributed by atoms with Crippen molar-refractivity contribution in [2.45, 2.75) is 26.4 Å². The van der Waals surface area contributed by atoms with Crippen LogP contribution in [0, 0.1) is 0 Å². The minimum absolute atomic E-state index is 0.338. The molecule has 1 unspecified atom stereocenters. The number of rotatable bonds is 6. The molecule has 74 valence electrons. The molecule has 0 aliphatic heterocycles. The average Bonchev–Trinajstić information content (AvgIpc) is 2.64. The highest BCUT2D eigenvalue weighted by Crippen LogP contribution is 1.96. The molecule has 1 heterocycles. The van der Waals surface area contributed by atoms with Crippen molar-refractivity contribution in [2.75, 3.05) is 13.2 Å². The molecule has 0 aromatic carbocycles. The molecule has 4 heteroatoms. The van der Waals surface area contributed by atoms with Gasteiger partial charge in [0.1, 0.15) is 5.76 Å². The van der Waals surface area contributed by atoms with Crippen LogP contribution < -0.4 is 5.32 Å². The van der Waals surface area contributed by atoms with Crippen LogP contribution in [-0.2, 0) is 11.3 Å². The Labute approximate surface area is 78.2 Å². The van der Waals surface area contributed by atoms with Crippen molar-refractivity contribution < 1.29 is 9.26 Å². The van der Waals surface area contributed by atoms with E-state index in [0.717, 1.165) is 19.0 Å². The van der Waals surface area contributed by atoms with Crippen LogP contribution in [0.4, 0.5) is 0 Å². The zero-order chi connectivity index (χ0) is 9.52. The fourth-order valence-electron chi connectivity index (χ4n) is 0.962. The van der Waals surface area contributed by atoms with Crippen LogP contribution in [0.3, 0.4) is 0 Å². The van der Waals surface area contributed by atoms with E-state index in [1.807, 2.05) is 13.0 Å². The lowest BCUT2D eigenvalue weighted by atomic mass is 10.3. The van der Waals surface area contributed by atoms with Crippen molar-refractivity contribution in [1.29, 1.82) is 0 Å². The van der Waals surface area contributed by atoms with Crippen LogP contribution in [0.1, 0.15) is 19.6 Å². The van der Waals surface area contributed by atoms with E-state index in [1.54, 1.807) is 6.20 Å². The van der Waals surface area contributed by atoms with Gasteiger partial charge in [-0.3, -0.25) is 0 Å². The van der Waals surface area contributed by atoms with Gasteiger partial charge in [-0.1, -0.05) is 5.16 Å². The quantitative estimate of drug-likeness (QED) is 0.721. The minimum atomic E-state index is 0.338. The zero-order valence-corrected chi connectivity index (χ0v) is 8.12. The van der Waals surface area contributed by atoms with Gasteiger partial charge in [-0.15, -0.1) is 0 Å². The van der Waals surface area contributed by atoms with Crippen molar-refractivity contribution >= 4 is 0 Å². The third-order valence-electron chi connectivity index (χ3n) is 1.69. The lowest BCUT2D eigenvalue weighted by molar-refractivity contribution is 0.126. The summed E-state index contributed by atoms with van der Waals surface area (Å²) in [7, 11) is 0. The second-order valence-electron chi connectivity index (χ2n) is 2.92. The van der Waals surface area contributed by atoms with Gasteiger partial charge in [0.25, 0.3) is 0 Å².